The number of H-pyrrole nitrogens is 1. The van der Waals surface area contributed by atoms with Crippen LogP contribution in [0.15, 0.2) is 47.6 Å². The highest BCUT2D eigenvalue weighted by molar-refractivity contribution is 7.71. The van der Waals surface area contributed by atoms with E-state index in [1.165, 1.54) is 17.0 Å². The van der Waals surface area contributed by atoms with Gasteiger partial charge in [-0.25, -0.2) is 9.49 Å². The topological polar surface area (TPSA) is 46.0 Å². The van der Waals surface area contributed by atoms with Crippen LogP contribution in [-0.2, 0) is 0 Å². The fraction of sp³-hybridized carbons (Fsp3) is 0. The molecule has 0 radical (unpaired) electrons. The molecule has 116 valence electrons. The van der Waals surface area contributed by atoms with Gasteiger partial charge in [0, 0.05) is 5.56 Å². The maximum absolute atomic E-state index is 14.0. The zero-order valence-electron chi connectivity index (χ0n) is 11.5. The van der Waals surface area contributed by atoms with Gasteiger partial charge in [-0.1, -0.05) is 47.5 Å². The molecule has 8 heteroatoms. The molecule has 1 heterocycles. The summed E-state index contributed by atoms with van der Waals surface area (Å²) in [6.45, 7) is 0. The molecule has 0 aliphatic carbocycles. The standard InChI is InChI=1S/C15H9Cl2FN4S/c16-11-6-3-4-9(13(11)17)8-19-22-14(20-21-15(22)23)10-5-1-2-7-12(10)18/h1-8H,(H,21,23). The Morgan fingerprint density at radius 1 is 1.17 bits per heavy atom. The monoisotopic (exact) mass is 366 g/mol. The number of aromatic nitrogens is 3. The number of nitrogens with zero attached hydrogens (tertiary/aromatic N) is 3. The van der Waals surface area contributed by atoms with E-state index in [2.05, 4.69) is 15.3 Å². The van der Waals surface area contributed by atoms with E-state index in [1.807, 2.05) is 0 Å². The van der Waals surface area contributed by atoms with Crippen molar-refractivity contribution in [1.82, 2.24) is 14.9 Å². The Balaban J connectivity index is 2.07. The van der Waals surface area contributed by atoms with E-state index < -0.39 is 5.82 Å². The van der Waals surface area contributed by atoms with E-state index in [0.29, 0.717) is 15.6 Å². The molecule has 0 saturated carbocycles. The van der Waals surface area contributed by atoms with Gasteiger partial charge < -0.3 is 0 Å². The van der Waals surface area contributed by atoms with Crippen LogP contribution >= 0.6 is 35.4 Å². The Morgan fingerprint density at radius 3 is 2.74 bits per heavy atom. The molecule has 0 fully saturated rings. The molecule has 0 saturated heterocycles. The molecule has 2 aromatic carbocycles. The fourth-order valence-electron chi connectivity index (χ4n) is 1.96. The van der Waals surface area contributed by atoms with Crippen molar-refractivity contribution in [2.75, 3.05) is 0 Å². The number of halogens is 3. The SMILES string of the molecule is Fc1ccccc1-c1n[nH]c(=S)n1N=Cc1cccc(Cl)c1Cl. The summed E-state index contributed by atoms with van der Waals surface area (Å²) in [6.07, 6.45) is 1.49. The third kappa shape index (κ3) is 3.19. The van der Waals surface area contributed by atoms with Crippen LogP contribution in [0, 0.1) is 10.6 Å². The lowest BCUT2D eigenvalue weighted by atomic mass is 10.2. The summed E-state index contributed by atoms with van der Waals surface area (Å²) < 4.78 is 15.5. The van der Waals surface area contributed by atoms with Crippen LogP contribution in [0.3, 0.4) is 0 Å². The minimum atomic E-state index is -0.418. The highest BCUT2D eigenvalue weighted by Gasteiger charge is 2.12. The summed E-state index contributed by atoms with van der Waals surface area (Å²) in [4.78, 5) is 0. The zero-order chi connectivity index (χ0) is 16.4. The van der Waals surface area contributed by atoms with Gasteiger partial charge in [0.25, 0.3) is 0 Å². The minimum Gasteiger partial charge on any atom is -0.250 e. The lowest BCUT2D eigenvalue weighted by Gasteiger charge is -2.03. The van der Waals surface area contributed by atoms with Gasteiger partial charge in [0.1, 0.15) is 5.82 Å². The van der Waals surface area contributed by atoms with Gasteiger partial charge in [-0.2, -0.15) is 14.9 Å². The second-order valence-corrected chi connectivity index (χ2v) is 5.70. The molecule has 0 atom stereocenters. The first-order valence-corrected chi connectivity index (χ1v) is 7.65. The van der Waals surface area contributed by atoms with Crippen molar-refractivity contribution in [1.29, 1.82) is 0 Å². The normalized spacial score (nSPS) is 11.3. The molecule has 0 amide bonds. The van der Waals surface area contributed by atoms with Gasteiger partial charge in [0.05, 0.1) is 21.8 Å². The van der Waals surface area contributed by atoms with Crippen molar-refractivity contribution >= 4 is 41.6 Å². The number of aromatic amines is 1. The Morgan fingerprint density at radius 2 is 1.96 bits per heavy atom. The van der Waals surface area contributed by atoms with Crippen molar-refractivity contribution in [2.24, 2.45) is 5.10 Å². The quantitative estimate of drug-likeness (QED) is 0.527. The van der Waals surface area contributed by atoms with Crippen molar-refractivity contribution in [2.45, 2.75) is 0 Å². The van der Waals surface area contributed by atoms with Gasteiger partial charge in [-0.05, 0) is 30.4 Å². The molecular weight excluding hydrogens is 358 g/mol. The summed E-state index contributed by atoms with van der Waals surface area (Å²) in [7, 11) is 0. The fourth-order valence-corrected chi connectivity index (χ4v) is 2.49. The Labute approximate surface area is 146 Å². The zero-order valence-corrected chi connectivity index (χ0v) is 13.8. The van der Waals surface area contributed by atoms with Crippen molar-refractivity contribution in [3.05, 3.63) is 68.7 Å². The van der Waals surface area contributed by atoms with Crippen LogP contribution < -0.4 is 0 Å². The summed E-state index contributed by atoms with van der Waals surface area (Å²) >= 11 is 17.2. The first-order valence-electron chi connectivity index (χ1n) is 6.48. The molecule has 0 aliphatic heterocycles. The molecule has 3 aromatic rings. The number of benzene rings is 2. The third-order valence-corrected chi connectivity index (χ3v) is 4.16. The lowest BCUT2D eigenvalue weighted by molar-refractivity contribution is 0.628. The van der Waals surface area contributed by atoms with Crippen molar-refractivity contribution in [3.63, 3.8) is 0 Å². The van der Waals surface area contributed by atoms with Crippen molar-refractivity contribution < 1.29 is 4.39 Å². The second-order valence-electron chi connectivity index (χ2n) is 4.53. The first kappa shape index (κ1) is 15.9. The number of rotatable bonds is 3. The summed E-state index contributed by atoms with van der Waals surface area (Å²) in [5.41, 5.74) is 0.899. The summed E-state index contributed by atoms with van der Waals surface area (Å²) in [6, 6.07) is 11.4. The highest BCUT2D eigenvalue weighted by atomic mass is 35.5. The number of hydrogen-bond donors (Lipinski definition) is 1. The number of hydrogen-bond acceptors (Lipinski definition) is 3. The van der Waals surface area contributed by atoms with E-state index in [-0.39, 0.29) is 16.2 Å². The molecule has 1 aromatic heterocycles. The average molecular weight is 367 g/mol. The molecule has 4 nitrogen and oxygen atoms in total. The Bertz CT molecular complexity index is 949. The Hall–Kier alpha value is -2.02. The van der Waals surface area contributed by atoms with Crippen LogP contribution in [-0.4, -0.2) is 21.1 Å². The van der Waals surface area contributed by atoms with Crippen LogP contribution in [0.25, 0.3) is 11.4 Å². The summed E-state index contributed by atoms with van der Waals surface area (Å²) in [5.74, 6) is -0.152. The molecule has 0 spiro atoms. The van der Waals surface area contributed by atoms with Gasteiger partial charge in [0.2, 0.25) is 4.77 Å². The van der Waals surface area contributed by atoms with Gasteiger partial charge in [0.15, 0.2) is 5.82 Å². The lowest BCUT2D eigenvalue weighted by Crippen LogP contribution is -1.97. The van der Waals surface area contributed by atoms with E-state index in [0.717, 1.165) is 0 Å². The molecular formula is C15H9Cl2FN4S. The largest absolute Gasteiger partial charge is 0.250 e. The summed E-state index contributed by atoms with van der Waals surface area (Å²) in [5, 5.41) is 11.7. The molecule has 0 bridgehead atoms. The predicted octanol–water partition coefficient (Wildman–Crippen LogP) is 4.94. The van der Waals surface area contributed by atoms with Gasteiger partial charge in [-0.15, -0.1) is 0 Å². The van der Waals surface area contributed by atoms with E-state index in [9.17, 15) is 4.39 Å². The van der Waals surface area contributed by atoms with Crippen LogP contribution in [0.2, 0.25) is 10.0 Å². The molecule has 0 aliphatic rings. The molecule has 0 unspecified atom stereocenters. The second kappa shape index (κ2) is 6.62. The number of nitrogens with one attached hydrogen (secondary N) is 1. The maximum atomic E-state index is 14.0. The highest BCUT2D eigenvalue weighted by Crippen LogP contribution is 2.25. The van der Waals surface area contributed by atoms with E-state index >= 15 is 0 Å². The first-order chi connectivity index (χ1) is 11.1. The van der Waals surface area contributed by atoms with Gasteiger partial charge >= 0.3 is 0 Å². The average Bonchev–Trinajstić information content (AvgIpc) is 2.90. The third-order valence-electron chi connectivity index (χ3n) is 3.06. The predicted molar refractivity (Wildman–Crippen MR) is 92.3 cm³/mol. The van der Waals surface area contributed by atoms with E-state index in [4.69, 9.17) is 35.4 Å². The van der Waals surface area contributed by atoms with Gasteiger partial charge in [-0.3, -0.25) is 0 Å². The van der Waals surface area contributed by atoms with Crippen LogP contribution in [0.1, 0.15) is 5.56 Å². The van der Waals surface area contributed by atoms with E-state index in [1.54, 1.807) is 36.4 Å². The Kier molecular flexibility index (Phi) is 4.56. The smallest absolute Gasteiger partial charge is 0.216 e. The van der Waals surface area contributed by atoms with Crippen molar-refractivity contribution in [3.8, 4) is 11.4 Å². The minimum absolute atomic E-state index is 0.234. The van der Waals surface area contributed by atoms with Crippen LogP contribution in [0.5, 0.6) is 0 Å². The van der Waals surface area contributed by atoms with Crippen LogP contribution in [0.4, 0.5) is 4.39 Å². The molecule has 1 N–H and O–H groups in total. The molecule has 23 heavy (non-hydrogen) atoms. The maximum Gasteiger partial charge on any atom is 0.216 e. The molecule has 3 rings (SSSR count).